The molecular formula is HBCdO6SiZn. The summed E-state index contributed by atoms with van der Waals surface area (Å²) in [5.41, 5.74) is 0. The van der Waals surface area contributed by atoms with Crippen molar-refractivity contribution in [3.05, 3.63) is 0 Å². The maximum absolute atomic E-state index is 8.53. The van der Waals surface area contributed by atoms with Gasteiger partial charge < -0.3 is 29.1 Å². The van der Waals surface area contributed by atoms with Crippen LogP contribution in [0.1, 0.15) is 0 Å². The predicted octanol–water partition coefficient (Wildman–Crippen LogP) is -6.20. The Kier molecular flexibility index (Phi) is 37.3. The molecule has 10 heavy (non-hydrogen) atoms. The fraction of sp³-hybridized carbons (Fsp3) is 0. The van der Waals surface area contributed by atoms with Gasteiger partial charge in [0.15, 0.2) is 0 Å². The van der Waals surface area contributed by atoms with Crippen LogP contribution in [0.3, 0.4) is 0 Å². The fourth-order valence-electron chi connectivity index (χ4n) is 0. The van der Waals surface area contributed by atoms with Crippen LogP contribution in [0, 0.1) is 0 Å². The summed E-state index contributed by atoms with van der Waals surface area (Å²) in [5, 5.41) is 24.0. The number of rotatable bonds is 0. The second kappa shape index (κ2) is 16.6. The molecule has 0 radical (unpaired) electrons. The third-order valence-corrected chi connectivity index (χ3v) is 0. The minimum Gasteiger partial charge on any atom is -0.871 e. The summed E-state index contributed by atoms with van der Waals surface area (Å²) >= 11 is 0. The molecule has 0 aliphatic heterocycles. The smallest absolute Gasteiger partial charge is 0.871 e. The Morgan fingerprint density at radius 1 is 1.30 bits per heavy atom. The molecule has 0 unspecified atom stereocenters. The van der Waals surface area contributed by atoms with Crippen molar-refractivity contribution in [2.75, 3.05) is 0 Å². The molecule has 48 valence electrons. The summed E-state index contributed by atoms with van der Waals surface area (Å²) in [5.74, 6) is 0. The Balaban J connectivity index is -0.0000000300. The minimum atomic E-state index is -3.63. The zero-order valence-electron chi connectivity index (χ0n) is 4.98. The molecule has 0 aromatic rings. The fourth-order valence-corrected chi connectivity index (χ4v) is 0. The zero-order chi connectivity index (χ0) is 7.15. The van der Waals surface area contributed by atoms with Crippen molar-refractivity contribution in [2.45, 2.75) is 0 Å². The van der Waals surface area contributed by atoms with E-state index >= 15 is 0 Å². The molecule has 0 saturated heterocycles. The van der Waals surface area contributed by atoms with Crippen molar-refractivity contribution < 1.29 is 75.9 Å². The molecule has 0 heterocycles. The van der Waals surface area contributed by atoms with Crippen molar-refractivity contribution in [3.63, 3.8) is 0 Å². The van der Waals surface area contributed by atoms with Crippen molar-refractivity contribution in [1.82, 2.24) is 0 Å². The molecule has 0 bridgehead atoms. The standard InChI is InChI=1S/BHO3.Cd.O3Si.Zn/c2-1(3)4;;1-4(2)3;/h2H;;;/q-2;+2;-2;+2. The number of hydrogen-bond donors (Lipinski definition) is 1. The zero-order valence-corrected chi connectivity index (χ0v) is 13.0. The van der Waals surface area contributed by atoms with Gasteiger partial charge in [-0.05, 0) is 0 Å². The average molecular weight is 314 g/mol. The SMILES string of the molecule is O=[Si]([O-])[O-].[Cd+2].[O-]B([O-])O.[Zn+2]. The molecule has 0 aromatic heterocycles. The molecule has 0 atom stereocenters. The predicted molar refractivity (Wildman–Crippen MR) is 14.4 cm³/mol. The molecule has 0 saturated carbocycles. The topological polar surface area (TPSA) is 130 Å². The van der Waals surface area contributed by atoms with E-state index in [0.29, 0.717) is 0 Å². The monoisotopic (exact) mass is 314 g/mol. The van der Waals surface area contributed by atoms with E-state index in [-0.39, 0.29) is 46.8 Å². The van der Waals surface area contributed by atoms with Gasteiger partial charge in [-0.3, -0.25) is 0 Å². The molecule has 0 fully saturated rings. The summed E-state index contributed by atoms with van der Waals surface area (Å²) in [4.78, 5) is 17.0. The molecule has 0 aliphatic rings. The molecule has 0 aromatic carbocycles. The third kappa shape index (κ3) is 488. The third-order valence-electron chi connectivity index (χ3n) is 0. The molecule has 0 amide bonds. The summed E-state index contributed by atoms with van der Waals surface area (Å²) in [6.45, 7) is 0. The van der Waals surface area contributed by atoms with Gasteiger partial charge in [0.2, 0.25) is 0 Å². The molecule has 0 aliphatic carbocycles. The van der Waals surface area contributed by atoms with Gasteiger partial charge in [0, 0.05) is 9.17 Å². The van der Waals surface area contributed by atoms with Gasteiger partial charge in [-0.25, -0.2) is 0 Å². The Morgan fingerprint density at radius 2 is 1.30 bits per heavy atom. The Morgan fingerprint density at radius 3 is 1.30 bits per heavy atom. The average Bonchev–Trinajstić information content (AvgIpc) is 1.25. The van der Waals surface area contributed by atoms with Gasteiger partial charge in [-0.2, -0.15) is 0 Å². The molecule has 6 nitrogen and oxygen atoms in total. The van der Waals surface area contributed by atoms with E-state index in [1.54, 1.807) is 0 Å². The summed E-state index contributed by atoms with van der Waals surface area (Å²) in [7, 11) is -6.30. The summed E-state index contributed by atoms with van der Waals surface area (Å²) in [6, 6.07) is 0. The maximum Gasteiger partial charge on any atom is 2.00 e. The first-order chi connectivity index (χ1) is 3.46. The molecule has 1 N–H and O–H groups in total. The van der Waals surface area contributed by atoms with Crippen molar-refractivity contribution in [3.8, 4) is 0 Å². The summed E-state index contributed by atoms with van der Waals surface area (Å²) in [6.07, 6.45) is 0. The van der Waals surface area contributed by atoms with Crippen LogP contribution < -0.4 is 19.6 Å². The van der Waals surface area contributed by atoms with Crippen LogP contribution in [0.4, 0.5) is 0 Å². The van der Waals surface area contributed by atoms with Crippen molar-refractivity contribution in [1.29, 1.82) is 0 Å². The van der Waals surface area contributed by atoms with E-state index in [4.69, 9.17) is 29.1 Å². The van der Waals surface area contributed by atoms with E-state index < -0.39 is 16.5 Å². The van der Waals surface area contributed by atoms with E-state index in [1.165, 1.54) is 0 Å². The normalized spacial score (nSPS) is 5.10. The van der Waals surface area contributed by atoms with Crippen LogP contribution in [0.25, 0.3) is 0 Å². The molecule has 0 spiro atoms. The van der Waals surface area contributed by atoms with E-state index in [2.05, 4.69) is 0 Å². The largest absolute Gasteiger partial charge is 2.00 e. The first-order valence-electron chi connectivity index (χ1n) is 1.34. The van der Waals surface area contributed by atoms with E-state index in [0.717, 1.165) is 0 Å². The van der Waals surface area contributed by atoms with Gasteiger partial charge in [0.1, 0.15) is 0 Å². The number of hydrogen-bond acceptors (Lipinski definition) is 6. The first-order valence-corrected chi connectivity index (χ1v) is 2.57. The minimum absolute atomic E-state index is 0. The van der Waals surface area contributed by atoms with Crippen LogP contribution in [-0.4, -0.2) is 21.5 Å². The van der Waals surface area contributed by atoms with Crippen molar-refractivity contribution in [2.24, 2.45) is 0 Å². The summed E-state index contributed by atoms with van der Waals surface area (Å²) < 4.78 is 8.52. The molecule has 0 rings (SSSR count). The van der Waals surface area contributed by atoms with Crippen LogP contribution in [0.5, 0.6) is 0 Å². The van der Waals surface area contributed by atoms with Crippen LogP contribution in [0.2, 0.25) is 0 Å². The van der Waals surface area contributed by atoms with Gasteiger partial charge in [-0.1, -0.05) is 0 Å². The van der Waals surface area contributed by atoms with Crippen LogP contribution in [0.15, 0.2) is 0 Å². The first kappa shape index (κ1) is 22.5. The van der Waals surface area contributed by atoms with Crippen LogP contribution >= 0.6 is 0 Å². The van der Waals surface area contributed by atoms with Crippen LogP contribution in [-0.2, 0) is 51.2 Å². The second-order valence-corrected chi connectivity index (χ2v) is 1.06. The van der Waals surface area contributed by atoms with Gasteiger partial charge in [0.05, 0.1) is 7.32 Å². The molecule has 10 heteroatoms. The van der Waals surface area contributed by atoms with E-state index in [1.807, 2.05) is 0 Å². The van der Waals surface area contributed by atoms with Gasteiger partial charge >= 0.3 is 46.8 Å². The van der Waals surface area contributed by atoms with Gasteiger partial charge in [-0.15, -0.1) is 0 Å². The second-order valence-electron chi connectivity index (χ2n) is 0.557. The maximum atomic E-state index is 8.53. The quantitative estimate of drug-likeness (QED) is 0.443. The Hall–Kier alpha value is 1.11. The van der Waals surface area contributed by atoms with Crippen molar-refractivity contribution >= 4 is 16.5 Å². The van der Waals surface area contributed by atoms with Gasteiger partial charge in [0.25, 0.3) is 0 Å². The van der Waals surface area contributed by atoms with E-state index in [9.17, 15) is 0 Å². The Bertz CT molecular complexity index is 62.0. The Labute approximate surface area is 91.9 Å². The molecular weight excluding hydrogens is 313 g/mol.